The third-order valence-corrected chi connectivity index (χ3v) is 1.95. The van der Waals surface area contributed by atoms with Crippen LogP contribution in [0.15, 0.2) is 12.1 Å². The van der Waals surface area contributed by atoms with Crippen LogP contribution in [0, 0.1) is 11.6 Å². The minimum atomic E-state index is -1.21. The number of halogens is 2. The monoisotopic (exact) mass is 201 g/mol. The minimum absolute atomic E-state index is 0.204. The maximum atomic E-state index is 13.1. The molecule has 0 aromatic heterocycles. The molecule has 0 aliphatic rings. The van der Waals surface area contributed by atoms with Gasteiger partial charge < -0.3 is 10.8 Å². The summed E-state index contributed by atoms with van der Waals surface area (Å²) in [7, 11) is 0. The SMILES string of the molecule is CC(C(=O)O)c1cc(F)c(N)cc1F. The zero-order chi connectivity index (χ0) is 10.9. The highest BCUT2D eigenvalue weighted by Gasteiger charge is 2.19. The number of benzene rings is 1. The number of rotatable bonds is 2. The van der Waals surface area contributed by atoms with E-state index in [-0.39, 0.29) is 11.3 Å². The molecule has 0 aliphatic heterocycles. The third-order valence-electron chi connectivity index (χ3n) is 1.95. The predicted molar refractivity (Wildman–Crippen MR) is 46.8 cm³/mol. The van der Waals surface area contributed by atoms with Crippen LogP contribution in [0.25, 0.3) is 0 Å². The molecule has 0 spiro atoms. The molecule has 1 rings (SSSR count). The first-order chi connectivity index (χ1) is 6.43. The molecule has 0 saturated carbocycles. The van der Waals surface area contributed by atoms with Crippen LogP contribution < -0.4 is 5.73 Å². The van der Waals surface area contributed by atoms with Crippen molar-refractivity contribution in [1.29, 1.82) is 0 Å². The van der Waals surface area contributed by atoms with Gasteiger partial charge in [0.05, 0.1) is 11.6 Å². The lowest BCUT2D eigenvalue weighted by Gasteiger charge is -2.08. The fourth-order valence-corrected chi connectivity index (χ4v) is 1.04. The third kappa shape index (κ3) is 1.81. The first-order valence-corrected chi connectivity index (χ1v) is 3.90. The van der Waals surface area contributed by atoms with Crippen molar-refractivity contribution in [3.8, 4) is 0 Å². The van der Waals surface area contributed by atoms with Gasteiger partial charge in [-0.05, 0) is 13.0 Å². The van der Waals surface area contributed by atoms with Gasteiger partial charge >= 0.3 is 5.97 Å². The topological polar surface area (TPSA) is 63.3 Å². The zero-order valence-corrected chi connectivity index (χ0v) is 7.42. The predicted octanol–water partition coefficient (Wildman–Crippen LogP) is 1.74. The fourth-order valence-electron chi connectivity index (χ4n) is 1.04. The van der Waals surface area contributed by atoms with Crippen LogP contribution in [0.2, 0.25) is 0 Å². The van der Waals surface area contributed by atoms with Crippen molar-refractivity contribution in [2.24, 2.45) is 0 Å². The maximum absolute atomic E-state index is 13.1. The summed E-state index contributed by atoms with van der Waals surface area (Å²) in [6.07, 6.45) is 0. The summed E-state index contributed by atoms with van der Waals surface area (Å²) in [6, 6.07) is 1.59. The molecule has 0 radical (unpaired) electrons. The van der Waals surface area contributed by atoms with E-state index in [9.17, 15) is 13.6 Å². The van der Waals surface area contributed by atoms with Gasteiger partial charge in [0, 0.05) is 11.6 Å². The summed E-state index contributed by atoms with van der Waals surface area (Å²) in [4.78, 5) is 10.5. The summed E-state index contributed by atoms with van der Waals surface area (Å²) < 4.78 is 26.0. The van der Waals surface area contributed by atoms with Crippen LogP contribution in [0.3, 0.4) is 0 Å². The minimum Gasteiger partial charge on any atom is -0.481 e. The van der Waals surface area contributed by atoms with Crippen LogP contribution in [-0.4, -0.2) is 11.1 Å². The number of anilines is 1. The van der Waals surface area contributed by atoms with Gasteiger partial charge in [-0.1, -0.05) is 0 Å². The molecule has 3 N–H and O–H groups in total. The largest absolute Gasteiger partial charge is 0.481 e. The Balaban J connectivity index is 3.22. The summed E-state index contributed by atoms with van der Waals surface area (Å²) in [5, 5.41) is 8.60. The van der Waals surface area contributed by atoms with Gasteiger partial charge in [0.25, 0.3) is 0 Å². The second-order valence-corrected chi connectivity index (χ2v) is 2.96. The van der Waals surface area contributed by atoms with Gasteiger partial charge in [-0.25, -0.2) is 8.78 Å². The molecule has 0 saturated heterocycles. The Hall–Kier alpha value is -1.65. The maximum Gasteiger partial charge on any atom is 0.310 e. The Morgan fingerprint density at radius 2 is 2.00 bits per heavy atom. The van der Waals surface area contributed by atoms with Gasteiger partial charge in [0.15, 0.2) is 0 Å². The van der Waals surface area contributed by atoms with Crippen molar-refractivity contribution < 1.29 is 18.7 Å². The molecule has 0 bridgehead atoms. The van der Waals surface area contributed by atoms with Crippen LogP contribution in [-0.2, 0) is 4.79 Å². The van der Waals surface area contributed by atoms with Crippen molar-refractivity contribution in [2.75, 3.05) is 5.73 Å². The lowest BCUT2D eigenvalue weighted by Crippen LogP contribution is -2.10. The second kappa shape index (κ2) is 3.61. The van der Waals surface area contributed by atoms with E-state index in [4.69, 9.17) is 10.8 Å². The molecule has 0 fully saturated rings. The number of hydrogen-bond donors (Lipinski definition) is 2. The molecular formula is C9H9F2NO2. The number of nitrogens with two attached hydrogens (primary N) is 1. The molecule has 1 aromatic rings. The van der Waals surface area contributed by atoms with Crippen LogP contribution >= 0.6 is 0 Å². The molecule has 14 heavy (non-hydrogen) atoms. The lowest BCUT2D eigenvalue weighted by molar-refractivity contribution is -0.138. The van der Waals surface area contributed by atoms with E-state index in [2.05, 4.69) is 0 Å². The Kier molecular flexibility index (Phi) is 2.69. The van der Waals surface area contributed by atoms with E-state index in [1.54, 1.807) is 0 Å². The quantitative estimate of drug-likeness (QED) is 0.716. The molecule has 0 heterocycles. The van der Waals surface area contributed by atoms with Crippen molar-refractivity contribution in [2.45, 2.75) is 12.8 Å². The van der Waals surface area contributed by atoms with Crippen molar-refractivity contribution in [1.82, 2.24) is 0 Å². The highest BCUT2D eigenvalue weighted by atomic mass is 19.1. The van der Waals surface area contributed by atoms with E-state index < -0.39 is 23.5 Å². The lowest BCUT2D eigenvalue weighted by atomic mass is 10.0. The van der Waals surface area contributed by atoms with Gasteiger partial charge in [0.2, 0.25) is 0 Å². The summed E-state index contributed by atoms with van der Waals surface area (Å²) in [5.74, 6) is -3.92. The van der Waals surface area contributed by atoms with Crippen LogP contribution in [0.4, 0.5) is 14.5 Å². The standard InChI is InChI=1S/C9H9F2NO2/c1-4(9(13)14)5-2-7(11)8(12)3-6(5)10/h2-4H,12H2,1H3,(H,13,14). The number of carbonyl (C=O) groups is 1. The molecule has 1 unspecified atom stereocenters. The Bertz CT molecular complexity index is 379. The summed E-state index contributed by atoms with van der Waals surface area (Å²) in [6.45, 7) is 1.27. The van der Waals surface area contributed by atoms with Gasteiger partial charge in [-0.2, -0.15) is 0 Å². The van der Waals surface area contributed by atoms with Crippen molar-refractivity contribution >= 4 is 11.7 Å². The van der Waals surface area contributed by atoms with Gasteiger partial charge in [-0.15, -0.1) is 0 Å². The van der Waals surface area contributed by atoms with Crippen molar-refractivity contribution in [3.05, 3.63) is 29.3 Å². The second-order valence-electron chi connectivity index (χ2n) is 2.96. The molecule has 3 nitrogen and oxygen atoms in total. The molecule has 0 aliphatic carbocycles. The van der Waals surface area contributed by atoms with Crippen molar-refractivity contribution in [3.63, 3.8) is 0 Å². The van der Waals surface area contributed by atoms with Crippen LogP contribution in [0.1, 0.15) is 18.4 Å². The Labute approximate surface area is 79.2 Å². The summed E-state index contributed by atoms with van der Waals surface area (Å²) >= 11 is 0. The molecule has 0 amide bonds. The van der Waals surface area contributed by atoms with E-state index in [1.807, 2.05) is 0 Å². The number of carboxylic acid groups (broad SMARTS) is 1. The van der Waals surface area contributed by atoms with E-state index in [0.717, 1.165) is 12.1 Å². The van der Waals surface area contributed by atoms with Gasteiger partial charge in [-0.3, -0.25) is 4.79 Å². The molecule has 76 valence electrons. The van der Waals surface area contributed by atoms with E-state index in [0.29, 0.717) is 0 Å². The van der Waals surface area contributed by atoms with E-state index in [1.165, 1.54) is 6.92 Å². The highest BCUT2D eigenvalue weighted by molar-refractivity contribution is 5.75. The first kappa shape index (κ1) is 10.4. The number of carboxylic acids is 1. The Morgan fingerprint density at radius 1 is 1.43 bits per heavy atom. The Morgan fingerprint density at radius 3 is 2.50 bits per heavy atom. The average Bonchev–Trinajstić information content (AvgIpc) is 2.10. The number of hydrogen-bond acceptors (Lipinski definition) is 2. The van der Waals surface area contributed by atoms with Crippen LogP contribution in [0.5, 0.6) is 0 Å². The molecular weight excluding hydrogens is 192 g/mol. The average molecular weight is 201 g/mol. The zero-order valence-electron chi connectivity index (χ0n) is 7.42. The number of aliphatic carboxylic acids is 1. The highest BCUT2D eigenvalue weighted by Crippen LogP contribution is 2.23. The molecule has 1 atom stereocenters. The summed E-state index contributed by atoms with van der Waals surface area (Å²) in [5.41, 5.74) is 4.57. The molecule has 1 aromatic carbocycles. The first-order valence-electron chi connectivity index (χ1n) is 3.90. The molecule has 5 heteroatoms. The smallest absolute Gasteiger partial charge is 0.310 e. The van der Waals surface area contributed by atoms with E-state index >= 15 is 0 Å². The fraction of sp³-hybridized carbons (Fsp3) is 0.222. The van der Waals surface area contributed by atoms with Gasteiger partial charge in [0.1, 0.15) is 11.6 Å². The normalized spacial score (nSPS) is 12.5. The number of nitrogen functional groups attached to an aromatic ring is 1.